The molecule has 1 fully saturated rings. The first-order valence-electron chi connectivity index (χ1n) is 9.18. The number of nitrogens with zero attached hydrogens (tertiary/aromatic N) is 3. The van der Waals surface area contributed by atoms with Gasteiger partial charge in [0.1, 0.15) is 11.6 Å². The minimum absolute atomic E-state index is 0.143. The number of benzene rings is 1. The van der Waals surface area contributed by atoms with Crippen molar-refractivity contribution in [1.82, 2.24) is 19.4 Å². The molecule has 0 amide bonds. The van der Waals surface area contributed by atoms with Gasteiger partial charge in [-0.15, -0.1) is 0 Å². The van der Waals surface area contributed by atoms with Crippen LogP contribution in [0.2, 0.25) is 0 Å². The van der Waals surface area contributed by atoms with Crippen molar-refractivity contribution in [2.24, 2.45) is 0 Å². The van der Waals surface area contributed by atoms with E-state index in [0.29, 0.717) is 23.2 Å². The lowest BCUT2D eigenvalue weighted by atomic mass is 9.87. The summed E-state index contributed by atoms with van der Waals surface area (Å²) in [5.41, 5.74) is 2.59. The van der Waals surface area contributed by atoms with E-state index in [-0.39, 0.29) is 6.04 Å². The van der Waals surface area contributed by atoms with Crippen molar-refractivity contribution >= 4 is 12.2 Å². The highest BCUT2D eigenvalue weighted by atomic mass is 32.1. The molecule has 1 aliphatic heterocycles. The number of imidazole rings is 1. The van der Waals surface area contributed by atoms with E-state index in [2.05, 4.69) is 26.4 Å². The Morgan fingerprint density at radius 2 is 1.96 bits per heavy atom. The Labute approximate surface area is 157 Å². The number of aromatic nitrogens is 2. The van der Waals surface area contributed by atoms with Gasteiger partial charge in [0, 0.05) is 51.0 Å². The Kier molecular flexibility index (Phi) is 4.94. The molecule has 0 radical (unpaired) electrons. The van der Waals surface area contributed by atoms with Crippen LogP contribution in [0, 0.1) is 16.4 Å². The number of fused-ring (bicyclic) bond motifs is 1. The molecule has 1 N–H and O–H groups in total. The van der Waals surface area contributed by atoms with Crippen molar-refractivity contribution in [3.8, 4) is 0 Å². The van der Waals surface area contributed by atoms with Crippen LogP contribution in [0.4, 0.5) is 8.78 Å². The molecule has 26 heavy (non-hydrogen) atoms. The first kappa shape index (κ1) is 17.8. The normalized spacial score (nSPS) is 21.7. The molecule has 4 nitrogen and oxygen atoms in total. The van der Waals surface area contributed by atoms with Crippen molar-refractivity contribution in [2.45, 2.75) is 31.8 Å². The molecule has 1 aliphatic carbocycles. The Morgan fingerprint density at radius 3 is 2.73 bits per heavy atom. The molecule has 1 saturated heterocycles. The minimum atomic E-state index is -0.503. The molecule has 1 atom stereocenters. The average molecular weight is 378 g/mol. The summed E-state index contributed by atoms with van der Waals surface area (Å²) in [6.07, 6.45) is 4.04. The summed E-state index contributed by atoms with van der Waals surface area (Å²) in [6, 6.07) is 2.60. The van der Waals surface area contributed by atoms with Gasteiger partial charge in [0.2, 0.25) is 0 Å². The zero-order chi connectivity index (χ0) is 18.3. The largest absolute Gasteiger partial charge is 0.337 e. The van der Waals surface area contributed by atoms with Crippen LogP contribution in [0.15, 0.2) is 18.3 Å². The number of nitrogens with one attached hydrogen (secondary N) is 1. The van der Waals surface area contributed by atoms with Gasteiger partial charge in [-0.25, -0.2) is 8.78 Å². The lowest BCUT2D eigenvalue weighted by molar-refractivity contribution is 0.144. The summed E-state index contributed by atoms with van der Waals surface area (Å²) in [6.45, 7) is 5.07. The predicted octanol–water partition coefficient (Wildman–Crippen LogP) is 3.30. The van der Waals surface area contributed by atoms with Gasteiger partial charge in [-0.2, -0.15) is 0 Å². The van der Waals surface area contributed by atoms with Crippen LogP contribution < -0.4 is 0 Å². The second-order valence-corrected chi connectivity index (χ2v) is 7.84. The minimum Gasteiger partial charge on any atom is -0.337 e. The monoisotopic (exact) mass is 378 g/mol. The van der Waals surface area contributed by atoms with Crippen LogP contribution in [0.3, 0.4) is 0 Å². The third-order valence-electron chi connectivity index (χ3n) is 5.67. The highest BCUT2D eigenvalue weighted by Crippen LogP contribution is 2.32. The van der Waals surface area contributed by atoms with Gasteiger partial charge in [-0.1, -0.05) is 0 Å². The number of likely N-dealkylation sites (N-methyl/N-ethyl adjacent to an activating group) is 1. The van der Waals surface area contributed by atoms with Crippen LogP contribution in [0.5, 0.6) is 0 Å². The molecule has 1 aromatic heterocycles. The topological polar surface area (TPSA) is 27.2 Å². The summed E-state index contributed by atoms with van der Waals surface area (Å²) in [4.78, 5) is 7.94. The highest BCUT2D eigenvalue weighted by molar-refractivity contribution is 7.71. The lowest BCUT2D eigenvalue weighted by Gasteiger charge is -2.33. The molecule has 0 saturated carbocycles. The third-order valence-corrected chi connectivity index (χ3v) is 5.99. The maximum atomic E-state index is 14.0. The Balaban J connectivity index is 1.57. The maximum absolute atomic E-state index is 14.0. The summed E-state index contributed by atoms with van der Waals surface area (Å²) >= 11 is 5.52. The van der Waals surface area contributed by atoms with Gasteiger partial charge in [0.25, 0.3) is 0 Å². The molecule has 0 bridgehead atoms. The zero-order valence-electron chi connectivity index (χ0n) is 15.0. The predicted molar refractivity (Wildman–Crippen MR) is 99.8 cm³/mol. The number of aromatic amines is 1. The van der Waals surface area contributed by atoms with Crippen LogP contribution in [0.1, 0.15) is 29.3 Å². The van der Waals surface area contributed by atoms with E-state index in [0.717, 1.165) is 56.5 Å². The number of piperazine rings is 1. The SMILES string of the molecule is CN1CCN(Cc2c[nH]c(=S)n2C2CCc3c(F)cc(F)cc3C2)CC1. The molecule has 2 aromatic rings. The number of halogens is 2. The van der Waals surface area contributed by atoms with Gasteiger partial charge in [-0.05, 0) is 55.7 Å². The molecule has 0 spiro atoms. The fourth-order valence-corrected chi connectivity index (χ4v) is 4.50. The van der Waals surface area contributed by atoms with Crippen molar-refractivity contribution in [2.75, 3.05) is 33.2 Å². The standard InChI is InChI=1S/C19H24F2N4S/c1-23-4-6-24(7-5-23)12-16-11-22-19(26)25(16)15-2-3-17-13(9-15)8-14(20)10-18(17)21/h8,10-11,15H,2-7,9,12H2,1H3,(H,22,26). The Hall–Kier alpha value is -1.57. The summed E-state index contributed by atoms with van der Waals surface area (Å²) in [5, 5.41) is 0. The van der Waals surface area contributed by atoms with E-state index in [1.54, 1.807) is 0 Å². The average Bonchev–Trinajstić information content (AvgIpc) is 2.96. The van der Waals surface area contributed by atoms with E-state index >= 15 is 0 Å². The quantitative estimate of drug-likeness (QED) is 0.831. The summed E-state index contributed by atoms with van der Waals surface area (Å²) in [7, 11) is 2.15. The molecule has 7 heteroatoms. The van der Waals surface area contributed by atoms with Crippen molar-refractivity contribution in [3.05, 3.63) is 51.6 Å². The van der Waals surface area contributed by atoms with E-state index < -0.39 is 11.6 Å². The fourth-order valence-electron chi connectivity index (χ4n) is 4.18. The zero-order valence-corrected chi connectivity index (χ0v) is 15.8. The molecule has 1 unspecified atom stereocenters. The fraction of sp³-hybridized carbons (Fsp3) is 0.526. The smallest absolute Gasteiger partial charge is 0.177 e. The number of hydrogen-bond acceptors (Lipinski definition) is 3. The Morgan fingerprint density at radius 1 is 1.19 bits per heavy atom. The van der Waals surface area contributed by atoms with Crippen molar-refractivity contribution < 1.29 is 8.78 Å². The van der Waals surface area contributed by atoms with Gasteiger partial charge in [0.05, 0.1) is 5.69 Å². The summed E-state index contributed by atoms with van der Waals surface area (Å²) in [5.74, 6) is -0.925. The molecule has 1 aromatic carbocycles. The molecule has 140 valence electrons. The highest BCUT2D eigenvalue weighted by Gasteiger charge is 2.26. The maximum Gasteiger partial charge on any atom is 0.177 e. The molecular weight excluding hydrogens is 354 g/mol. The lowest BCUT2D eigenvalue weighted by Crippen LogP contribution is -2.44. The van der Waals surface area contributed by atoms with Crippen molar-refractivity contribution in [3.63, 3.8) is 0 Å². The first-order chi connectivity index (χ1) is 12.5. The van der Waals surface area contributed by atoms with E-state index in [4.69, 9.17) is 12.2 Å². The molecular formula is C19H24F2N4S. The number of rotatable bonds is 3. The van der Waals surface area contributed by atoms with Crippen LogP contribution >= 0.6 is 12.2 Å². The first-order valence-corrected chi connectivity index (χ1v) is 9.58. The van der Waals surface area contributed by atoms with Gasteiger partial charge in [-0.3, -0.25) is 4.90 Å². The van der Waals surface area contributed by atoms with Crippen LogP contribution in [-0.2, 0) is 19.4 Å². The van der Waals surface area contributed by atoms with Gasteiger partial charge >= 0.3 is 0 Å². The van der Waals surface area contributed by atoms with E-state index in [9.17, 15) is 8.78 Å². The second kappa shape index (κ2) is 7.21. The number of hydrogen-bond donors (Lipinski definition) is 1. The van der Waals surface area contributed by atoms with Crippen LogP contribution in [0.25, 0.3) is 0 Å². The Bertz CT molecular complexity index is 852. The van der Waals surface area contributed by atoms with Gasteiger partial charge in [0.15, 0.2) is 4.77 Å². The van der Waals surface area contributed by atoms with Crippen molar-refractivity contribution in [1.29, 1.82) is 0 Å². The third kappa shape index (κ3) is 3.48. The van der Waals surface area contributed by atoms with Crippen LogP contribution in [-0.4, -0.2) is 52.6 Å². The van der Waals surface area contributed by atoms with E-state index in [1.165, 1.54) is 6.07 Å². The summed E-state index contributed by atoms with van der Waals surface area (Å²) < 4.78 is 30.5. The number of H-pyrrole nitrogens is 1. The molecule has 2 aliphatic rings. The molecule has 4 rings (SSSR count). The molecule has 2 heterocycles. The van der Waals surface area contributed by atoms with Gasteiger partial charge < -0.3 is 14.5 Å². The second-order valence-electron chi connectivity index (χ2n) is 7.46. The van der Waals surface area contributed by atoms with E-state index in [1.807, 2.05) is 6.20 Å².